The van der Waals surface area contributed by atoms with Gasteiger partial charge < -0.3 is 5.11 Å². The summed E-state index contributed by atoms with van der Waals surface area (Å²) in [6, 6.07) is 0. The van der Waals surface area contributed by atoms with E-state index >= 15 is 0 Å². The number of carbonyl (C=O) groups excluding carboxylic acids is 1. The topological polar surface area (TPSA) is 78.4 Å². The van der Waals surface area contributed by atoms with Crippen LogP contribution in [0.1, 0.15) is 25.7 Å². The van der Waals surface area contributed by atoms with Crippen LogP contribution in [-0.2, 0) is 9.59 Å². The van der Waals surface area contributed by atoms with Crippen molar-refractivity contribution in [2.75, 3.05) is 6.54 Å². The van der Waals surface area contributed by atoms with Gasteiger partial charge in [0.05, 0.1) is 5.54 Å². The summed E-state index contributed by atoms with van der Waals surface area (Å²) >= 11 is 0. The Kier molecular flexibility index (Phi) is 4.10. The number of carbonyl (C=O) groups is 2. The van der Waals surface area contributed by atoms with Gasteiger partial charge in [-0.25, -0.2) is 10.2 Å². The summed E-state index contributed by atoms with van der Waals surface area (Å²) in [6.45, 7) is 0.936. The Morgan fingerprint density at radius 1 is 1.35 bits per heavy atom. The standard InChI is InChI=1S/C7H12N2O.C2HF3O2/c10-6-2-1-3-7(6)4-5-8-9-7;3-2(4,5)1(6)7/h8-9H,1-5H2;(H,6,7). The lowest BCUT2D eigenvalue weighted by molar-refractivity contribution is -0.192. The molecule has 98 valence electrons. The first-order valence-corrected chi connectivity index (χ1v) is 5.11. The molecular weight excluding hydrogens is 241 g/mol. The molecule has 17 heavy (non-hydrogen) atoms. The molecule has 2 aliphatic rings. The first kappa shape index (κ1) is 13.9. The number of ketones is 1. The number of carboxylic acid groups (broad SMARTS) is 1. The fraction of sp³-hybridized carbons (Fsp3) is 0.778. The number of rotatable bonds is 0. The summed E-state index contributed by atoms with van der Waals surface area (Å²) in [5.74, 6) is -2.36. The highest BCUT2D eigenvalue weighted by Gasteiger charge is 2.43. The number of aliphatic carboxylic acids is 1. The Balaban J connectivity index is 0.000000185. The molecule has 1 saturated carbocycles. The van der Waals surface area contributed by atoms with Crippen LogP contribution in [0.25, 0.3) is 0 Å². The van der Waals surface area contributed by atoms with E-state index in [1.54, 1.807) is 0 Å². The van der Waals surface area contributed by atoms with Crippen molar-refractivity contribution >= 4 is 11.8 Å². The Hall–Kier alpha value is -1.15. The van der Waals surface area contributed by atoms with Gasteiger partial charge in [0.1, 0.15) is 0 Å². The number of hydrogen-bond acceptors (Lipinski definition) is 4. The van der Waals surface area contributed by atoms with Gasteiger partial charge in [0.15, 0.2) is 5.78 Å². The number of halogens is 3. The molecule has 8 heteroatoms. The summed E-state index contributed by atoms with van der Waals surface area (Å²) in [5, 5.41) is 7.12. The Morgan fingerprint density at radius 2 is 1.94 bits per heavy atom. The smallest absolute Gasteiger partial charge is 0.475 e. The third kappa shape index (κ3) is 3.40. The van der Waals surface area contributed by atoms with Crippen molar-refractivity contribution in [1.82, 2.24) is 10.9 Å². The average molecular weight is 254 g/mol. The summed E-state index contributed by atoms with van der Waals surface area (Å²) in [6.07, 6.45) is -1.24. The van der Waals surface area contributed by atoms with Gasteiger partial charge >= 0.3 is 12.1 Å². The zero-order chi connectivity index (χ0) is 13.1. The predicted molar refractivity (Wildman–Crippen MR) is 51.0 cm³/mol. The van der Waals surface area contributed by atoms with Crippen LogP contribution in [0.5, 0.6) is 0 Å². The minimum atomic E-state index is -5.08. The van der Waals surface area contributed by atoms with Crippen molar-refractivity contribution in [2.45, 2.75) is 37.4 Å². The van der Waals surface area contributed by atoms with Gasteiger partial charge in [-0.2, -0.15) is 13.2 Å². The molecule has 0 amide bonds. The van der Waals surface area contributed by atoms with Crippen LogP contribution < -0.4 is 10.9 Å². The third-order valence-electron chi connectivity index (χ3n) is 2.79. The van der Waals surface area contributed by atoms with Crippen LogP contribution >= 0.6 is 0 Å². The van der Waals surface area contributed by atoms with Crippen molar-refractivity contribution < 1.29 is 27.9 Å². The van der Waals surface area contributed by atoms with E-state index in [0.29, 0.717) is 5.78 Å². The lowest BCUT2D eigenvalue weighted by atomic mass is 9.95. The molecule has 0 radical (unpaired) electrons. The maximum atomic E-state index is 11.3. The number of Topliss-reactive ketones (excluding diaryl/α,β-unsaturated/α-hetero) is 1. The first-order chi connectivity index (χ1) is 7.78. The zero-order valence-electron chi connectivity index (χ0n) is 8.93. The minimum absolute atomic E-state index is 0.153. The molecule has 5 nitrogen and oxygen atoms in total. The molecule has 1 heterocycles. The molecule has 1 atom stereocenters. The van der Waals surface area contributed by atoms with Gasteiger partial charge in [0, 0.05) is 13.0 Å². The summed E-state index contributed by atoms with van der Waals surface area (Å²) in [4.78, 5) is 20.2. The minimum Gasteiger partial charge on any atom is -0.475 e. The number of alkyl halides is 3. The quantitative estimate of drug-likeness (QED) is 0.590. The van der Waals surface area contributed by atoms with Crippen LogP contribution in [-0.4, -0.2) is 35.1 Å². The van der Waals surface area contributed by atoms with Crippen molar-refractivity contribution in [2.24, 2.45) is 0 Å². The van der Waals surface area contributed by atoms with E-state index in [9.17, 15) is 18.0 Å². The van der Waals surface area contributed by atoms with E-state index in [1.807, 2.05) is 0 Å². The van der Waals surface area contributed by atoms with Crippen LogP contribution in [0.3, 0.4) is 0 Å². The lowest BCUT2D eigenvalue weighted by Crippen LogP contribution is -2.46. The lowest BCUT2D eigenvalue weighted by Gasteiger charge is -2.19. The Labute approximate surface area is 95.3 Å². The monoisotopic (exact) mass is 254 g/mol. The van der Waals surface area contributed by atoms with E-state index in [1.165, 1.54) is 0 Å². The van der Waals surface area contributed by atoms with Crippen LogP contribution in [0.15, 0.2) is 0 Å². The Morgan fingerprint density at radius 3 is 2.24 bits per heavy atom. The first-order valence-electron chi connectivity index (χ1n) is 5.11. The molecule has 1 aliphatic carbocycles. The maximum Gasteiger partial charge on any atom is 0.490 e. The molecular formula is C9H13F3N2O3. The second-order valence-corrected chi connectivity index (χ2v) is 3.96. The van der Waals surface area contributed by atoms with E-state index in [2.05, 4.69) is 10.9 Å². The van der Waals surface area contributed by atoms with Crippen LogP contribution in [0.4, 0.5) is 13.2 Å². The molecule has 1 saturated heterocycles. The molecule has 0 aromatic carbocycles. The number of hydrogen-bond donors (Lipinski definition) is 3. The van der Waals surface area contributed by atoms with Gasteiger partial charge in [0.2, 0.25) is 0 Å². The maximum absolute atomic E-state index is 11.3. The fourth-order valence-electron chi connectivity index (χ4n) is 1.90. The molecule has 1 aliphatic heterocycles. The molecule has 0 aromatic rings. The predicted octanol–water partition coefficient (Wildman–Crippen LogP) is 0.609. The summed E-state index contributed by atoms with van der Waals surface area (Å²) in [7, 11) is 0. The normalized spacial score (nSPS) is 28.1. The van der Waals surface area contributed by atoms with Gasteiger partial charge in [-0.1, -0.05) is 0 Å². The Bertz CT molecular complexity index is 306. The number of nitrogens with one attached hydrogen (secondary N) is 2. The highest BCUT2D eigenvalue weighted by Crippen LogP contribution is 2.30. The van der Waals surface area contributed by atoms with E-state index < -0.39 is 12.1 Å². The average Bonchev–Trinajstić information content (AvgIpc) is 2.79. The highest BCUT2D eigenvalue weighted by molar-refractivity contribution is 5.90. The van der Waals surface area contributed by atoms with E-state index in [4.69, 9.17) is 9.90 Å². The van der Waals surface area contributed by atoms with Gasteiger partial charge in [-0.3, -0.25) is 10.2 Å². The summed E-state index contributed by atoms with van der Waals surface area (Å²) < 4.78 is 31.7. The molecule has 0 bridgehead atoms. The van der Waals surface area contributed by atoms with Crippen molar-refractivity contribution in [3.05, 3.63) is 0 Å². The number of carboxylic acids is 1. The second kappa shape index (κ2) is 5.01. The largest absolute Gasteiger partial charge is 0.490 e. The molecule has 0 aromatic heterocycles. The molecule has 1 unspecified atom stereocenters. The van der Waals surface area contributed by atoms with Crippen LogP contribution in [0, 0.1) is 0 Å². The van der Waals surface area contributed by atoms with Crippen molar-refractivity contribution in [1.29, 1.82) is 0 Å². The van der Waals surface area contributed by atoms with Crippen LogP contribution in [0.2, 0.25) is 0 Å². The van der Waals surface area contributed by atoms with Gasteiger partial charge in [0.25, 0.3) is 0 Å². The number of hydrazine groups is 1. The highest BCUT2D eigenvalue weighted by atomic mass is 19.4. The van der Waals surface area contributed by atoms with E-state index in [-0.39, 0.29) is 5.54 Å². The van der Waals surface area contributed by atoms with Crippen molar-refractivity contribution in [3.8, 4) is 0 Å². The van der Waals surface area contributed by atoms with Gasteiger partial charge in [-0.15, -0.1) is 0 Å². The SMILES string of the molecule is O=C(O)C(F)(F)F.O=C1CCCC12CCNN2. The third-order valence-corrected chi connectivity index (χ3v) is 2.79. The second-order valence-electron chi connectivity index (χ2n) is 3.96. The summed E-state index contributed by atoms with van der Waals surface area (Å²) in [5.41, 5.74) is 5.94. The van der Waals surface area contributed by atoms with Gasteiger partial charge in [-0.05, 0) is 19.3 Å². The molecule has 1 spiro atoms. The molecule has 2 fully saturated rings. The van der Waals surface area contributed by atoms with Crippen molar-refractivity contribution in [3.63, 3.8) is 0 Å². The fourth-order valence-corrected chi connectivity index (χ4v) is 1.90. The van der Waals surface area contributed by atoms with E-state index in [0.717, 1.165) is 32.2 Å². The molecule has 3 N–H and O–H groups in total. The zero-order valence-corrected chi connectivity index (χ0v) is 8.93. The molecule has 2 rings (SSSR count).